The Morgan fingerprint density at radius 1 is 1.10 bits per heavy atom. The molecule has 1 aromatic carbocycles. The number of hydrogen-bond acceptors (Lipinski definition) is 7. The van der Waals surface area contributed by atoms with Crippen LogP contribution in [0.2, 0.25) is 0 Å². The maximum Gasteiger partial charge on any atom is 0.253 e. The van der Waals surface area contributed by atoms with Crippen LogP contribution >= 0.6 is 22.7 Å². The van der Waals surface area contributed by atoms with Crippen molar-refractivity contribution in [3.8, 4) is 11.5 Å². The minimum Gasteiger partial charge on any atom is -0.495 e. The number of nitrogens with zero attached hydrogens (tertiary/aromatic N) is 3. The SMILES string of the molecule is COc1ccc(OC)c2sc(N(Cc3ccncc3)C(=O)/C=C/c3cccs3)nc12. The molecule has 0 bridgehead atoms. The van der Waals surface area contributed by atoms with Crippen LogP contribution in [-0.2, 0) is 11.3 Å². The van der Waals surface area contributed by atoms with Gasteiger partial charge in [0.2, 0.25) is 0 Å². The van der Waals surface area contributed by atoms with Crippen LogP contribution in [0.3, 0.4) is 0 Å². The van der Waals surface area contributed by atoms with Crippen molar-refractivity contribution in [2.45, 2.75) is 6.54 Å². The summed E-state index contributed by atoms with van der Waals surface area (Å²) in [5.41, 5.74) is 1.63. The summed E-state index contributed by atoms with van der Waals surface area (Å²) in [7, 11) is 3.22. The third-order valence-corrected chi connectivity index (χ3v) is 6.35. The smallest absolute Gasteiger partial charge is 0.253 e. The van der Waals surface area contributed by atoms with Gasteiger partial charge in [-0.25, -0.2) is 4.98 Å². The van der Waals surface area contributed by atoms with Crippen LogP contribution in [0.15, 0.2) is 60.2 Å². The molecule has 8 heteroatoms. The predicted molar refractivity (Wildman–Crippen MR) is 122 cm³/mol. The Hall–Kier alpha value is -3.23. The van der Waals surface area contributed by atoms with Crippen LogP contribution in [0.4, 0.5) is 5.13 Å². The molecule has 0 aliphatic carbocycles. The average molecular weight is 438 g/mol. The molecule has 0 aliphatic heterocycles. The van der Waals surface area contributed by atoms with Gasteiger partial charge in [0, 0.05) is 23.3 Å². The topological polar surface area (TPSA) is 64.6 Å². The average Bonchev–Trinajstić information content (AvgIpc) is 3.46. The number of carbonyl (C=O) groups is 1. The summed E-state index contributed by atoms with van der Waals surface area (Å²) in [5, 5.41) is 2.55. The molecule has 0 saturated heterocycles. The Morgan fingerprint density at radius 2 is 1.87 bits per heavy atom. The molecule has 1 amide bonds. The zero-order chi connectivity index (χ0) is 20.9. The van der Waals surface area contributed by atoms with Gasteiger partial charge in [0.1, 0.15) is 21.7 Å². The molecule has 30 heavy (non-hydrogen) atoms. The highest BCUT2D eigenvalue weighted by molar-refractivity contribution is 7.22. The molecule has 0 spiro atoms. The molecule has 0 saturated carbocycles. The molecule has 6 nitrogen and oxygen atoms in total. The van der Waals surface area contributed by atoms with E-state index in [1.165, 1.54) is 11.3 Å². The summed E-state index contributed by atoms with van der Waals surface area (Å²) in [4.78, 5) is 24.6. The van der Waals surface area contributed by atoms with Gasteiger partial charge in [-0.3, -0.25) is 14.7 Å². The summed E-state index contributed by atoms with van der Waals surface area (Å²) < 4.78 is 11.8. The lowest BCUT2D eigenvalue weighted by Crippen LogP contribution is -2.28. The maximum atomic E-state index is 13.2. The van der Waals surface area contributed by atoms with Crippen molar-refractivity contribution in [1.82, 2.24) is 9.97 Å². The van der Waals surface area contributed by atoms with Gasteiger partial charge in [0.25, 0.3) is 5.91 Å². The lowest BCUT2D eigenvalue weighted by molar-refractivity contribution is -0.114. The van der Waals surface area contributed by atoms with Crippen LogP contribution in [0.25, 0.3) is 16.3 Å². The number of aromatic nitrogens is 2. The van der Waals surface area contributed by atoms with Gasteiger partial charge in [-0.15, -0.1) is 11.3 Å². The first-order valence-electron chi connectivity index (χ1n) is 9.13. The van der Waals surface area contributed by atoms with E-state index < -0.39 is 0 Å². The number of hydrogen-bond donors (Lipinski definition) is 0. The van der Waals surface area contributed by atoms with Crippen LogP contribution in [-0.4, -0.2) is 30.1 Å². The third-order valence-electron chi connectivity index (χ3n) is 4.42. The quantitative estimate of drug-likeness (QED) is 0.380. The number of thiazole rings is 1. The lowest BCUT2D eigenvalue weighted by Gasteiger charge is -2.18. The molecule has 3 aromatic heterocycles. The van der Waals surface area contributed by atoms with Gasteiger partial charge >= 0.3 is 0 Å². The fourth-order valence-corrected chi connectivity index (χ4v) is 4.63. The fourth-order valence-electron chi connectivity index (χ4n) is 2.93. The van der Waals surface area contributed by atoms with E-state index in [0.29, 0.717) is 28.7 Å². The molecular formula is C22H19N3O3S2. The monoisotopic (exact) mass is 437 g/mol. The molecule has 4 rings (SSSR count). The number of amides is 1. The number of rotatable bonds is 7. The molecular weight excluding hydrogens is 418 g/mol. The number of carbonyl (C=O) groups excluding carboxylic acids is 1. The van der Waals surface area contributed by atoms with E-state index in [1.54, 1.807) is 48.9 Å². The van der Waals surface area contributed by atoms with Crippen molar-refractivity contribution < 1.29 is 14.3 Å². The second kappa shape index (κ2) is 9.06. The highest BCUT2D eigenvalue weighted by Crippen LogP contribution is 2.40. The van der Waals surface area contributed by atoms with Crippen molar-refractivity contribution >= 4 is 50.0 Å². The minimum atomic E-state index is -0.155. The molecule has 4 aromatic rings. The van der Waals surface area contributed by atoms with E-state index in [-0.39, 0.29) is 5.91 Å². The number of ether oxygens (including phenoxy) is 2. The number of fused-ring (bicyclic) bond motifs is 1. The molecule has 152 valence electrons. The standard InChI is InChI=1S/C22H19N3O3S2/c1-27-17-6-7-18(28-2)21-20(17)24-22(30-21)25(14-15-9-11-23-12-10-15)19(26)8-5-16-4-3-13-29-16/h3-13H,14H2,1-2H3/b8-5+. The first-order chi connectivity index (χ1) is 14.7. The van der Waals surface area contributed by atoms with Crippen molar-refractivity contribution in [2.24, 2.45) is 0 Å². The highest BCUT2D eigenvalue weighted by Gasteiger charge is 2.21. The Kier molecular flexibility index (Phi) is 6.06. The largest absolute Gasteiger partial charge is 0.495 e. The second-order valence-corrected chi connectivity index (χ2v) is 8.23. The van der Waals surface area contributed by atoms with Gasteiger partial charge in [0.05, 0.1) is 20.8 Å². The summed E-state index contributed by atoms with van der Waals surface area (Å²) in [6.07, 6.45) is 6.82. The van der Waals surface area contributed by atoms with E-state index in [1.807, 2.05) is 47.9 Å². The van der Waals surface area contributed by atoms with E-state index >= 15 is 0 Å². The van der Waals surface area contributed by atoms with Gasteiger partial charge in [-0.2, -0.15) is 0 Å². The van der Waals surface area contributed by atoms with Crippen molar-refractivity contribution in [1.29, 1.82) is 0 Å². The van der Waals surface area contributed by atoms with E-state index in [4.69, 9.17) is 14.5 Å². The summed E-state index contributed by atoms with van der Waals surface area (Å²) >= 11 is 2.98. The van der Waals surface area contributed by atoms with Gasteiger partial charge in [-0.1, -0.05) is 17.4 Å². The van der Waals surface area contributed by atoms with Gasteiger partial charge < -0.3 is 9.47 Å². The number of thiophene rings is 1. The van der Waals surface area contributed by atoms with E-state index in [9.17, 15) is 4.79 Å². The Balaban J connectivity index is 1.75. The Bertz CT molecular complexity index is 1130. The van der Waals surface area contributed by atoms with Gasteiger partial charge in [-0.05, 0) is 47.4 Å². The van der Waals surface area contributed by atoms with E-state index in [2.05, 4.69) is 4.98 Å². The lowest BCUT2D eigenvalue weighted by atomic mass is 10.2. The second-order valence-electron chi connectivity index (χ2n) is 6.27. The zero-order valence-electron chi connectivity index (χ0n) is 16.4. The number of pyridine rings is 1. The van der Waals surface area contributed by atoms with Crippen LogP contribution in [0.1, 0.15) is 10.4 Å². The first-order valence-corrected chi connectivity index (χ1v) is 10.8. The van der Waals surface area contributed by atoms with Gasteiger partial charge in [0.15, 0.2) is 5.13 Å². The molecule has 0 atom stereocenters. The molecule has 0 N–H and O–H groups in total. The normalized spacial score (nSPS) is 11.1. The molecule has 0 aliphatic rings. The Labute approximate surface area is 182 Å². The van der Waals surface area contributed by atoms with E-state index in [0.717, 1.165) is 15.1 Å². The molecule has 0 fully saturated rings. The van der Waals surface area contributed by atoms with Crippen LogP contribution in [0, 0.1) is 0 Å². The number of anilines is 1. The van der Waals surface area contributed by atoms with Crippen LogP contribution < -0.4 is 14.4 Å². The van der Waals surface area contributed by atoms with Crippen molar-refractivity contribution in [3.05, 3.63) is 70.7 Å². The maximum absolute atomic E-state index is 13.2. The minimum absolute atomic E-state index is 0.155. The fraction of sp³-hybridized carbons (Fsp3) is 0.136. The first kappa shape index (κ1) is 20.1. The highest BCUT2D eigenvalue weighted by atomic mass is 32.1. The van der Waals surface area contributed by atoms with Crippen molar-refractivity contribution in [3.63, 3.8) is 0 Å². The Morgan fingerprint density at radius 3 is 2.57 bits per heavy atom. The molecule has 0 radical (unpaired) electrons. The summed E-state index contributed by atoms with van der Waals surface area (Å²) in [6, 6.07) is 11.4. The summed E-state index contributed by atoms with van der Waals surface area (Å²) in [6.45, 7) is 0.376. The third kappa shape index (κ3) is 4.19. The summed E-state index contributed by atoms with van der Waals surface area (Å²) in [5.74, 6) is 1.18. The molecule has 3 heterocycles. The zero-order valence-corrected chi connectivity index (χ0v) is 18.1. The van der Waals surface area contributed by atoms with Crippen molar-refractivity contribution in [2.75, 3.05) is 19.1 Å². The number of methoxy groups -OCH3 is 2. The van der Waals surface area contributed by atoms with Crippen LogP contribution in [0.5, 0.6) is 11.5 Å². The predicted octanol–water partition coefficient (Wildman–Crippen LogP) is 5.02. The molecule has 0 unspecified atom stereocenters. The number of benzene rings is 1.